The molecule has 3 heterocycles. The first-order valence-corrected chi connectivity index (χ1v) is 13.3. The smallest absolute Gasteiger partial charge is 0.272 e. The van der Waals surface area contributed by atoms with Crippen LogP contribution in [0.25, 0.3) is 43.2 Å². The van der Waals surface area contributed by atoms with Crippen LogP contribution in [-0.4, -0.2) is 27.7 Å². The Kier molecular flexibility index (Phi) is 6.26. The number of fused-ring (bicyclic) bond motifs is 2. The van der Waals surface area contributed by atoms with Crippen molar-refractivity contribution in [1.82, 2.24) is 9.55 Å². The lowest BCUT2D eigenvalue weighted by atomic mass is 10.0. The average molecular weight is 535 g/mol. The van der Waals surface area contributed by atoms with Gasteiger partial charge in [0.25, 0.3) is 5.91 Å². The molecule has 0 saturated carbocycles. The lowest BCUT2D eigenvalue weighted by Crippen LogP contribution is -2.16. The fourth-order valence-corrected chi connectivity index (χ4v) is 6.05. The van der Waals surface area contributed by atoms with Crippen molar-refractivity contribution in [3.8, 4) is 28.0 Å². The fraction of sp³-hybridized carbons (Fsp3) is 0.0968. The Balaban J connectivity index is 1.36. The highest BCUT2D eigenvalue weighted by atomic mass is 32.1. The van der Waals surface area contributed by atoms with E-state index in [4.69, 9.17) is 10.5 Å². The highest BCUT2D eigenvalue weighted by Gasteiger charge is 2.19. The molecule has 8 heteroatoms. The normalized spacial score (nSPS) is 11.3. The van der Waals surface area contributed by atoms with Gasteiger partial charge in [-0.1, -0.05) is 48.5 Å². The van der Waals surface area contributed by atoms with E-state index in [1.54, 1.807) is 24.6 Å². The van der Waals surface area contributed by atoms with Gasteiger partial charge in [0.05, 0.1) is 19.4 Å². The molecule has 0 fully saturated rings. The number of hydrogen-bond donors (Lipinski definition) is 3. The summed E-state index contributed by atoms with van der Waals surface area (Å²) in [4.78, 5) is 17.7. The van der Waals surface area contributed by atoms with Gasteiger partial charge in [-0.2, -0.15) is 0 Å². The van der Waals surface area contributed by atoms with E-state index in [2.05, 4.69) is 15.7 Å². The molecule has 0 saturated heterocycles. The number of carbonyl (C=O) groups excluding carboxylic acids is 1. The second-order valence-corrected chi connectivity index (χ2v) is 10.2. The van der Waals surface area contributed by atoms with Gasteiger partial charge in [-0.3, -0.25) is 4.79 Å². The second-order valence-electron chi connectivity index (χ2n) is 9.28. The topological polar surface area (TPSA) is 102 Å². The molecule has 6 aromatic rings. The van der Waals surface area contributed by atoms with Crippen LogP contribution in [0.15, 0.2) is 84.4 Å². The number of nitrogens with zero attached hydrogens (tertiary/aromatic N) is 2. The third-order valence-electron chi connectivity index (χ3n) is 7.02. The summed E-state index contributed by atoms with van der Waals surface area (Å²) in [6, 6.07) is 23.2. The summed E-state index contributed by atoms with van der Waals surface area (Å²) < 4.78 is 8.59. The Hall–Kier alpha value is -4.66. The largest absolute Gasteiger partial charge is 0.495 e. The van der Waals surface area contributed by atoms with Crippen molar-refractivity contribution in [1.29, 1.82) is 0 Å². The van der Waals surface area contributed by atoms with E-state index in [0.29, 0.717) is 22.9 Å². The molecule has 194 valence electrons. The number of aromatic nitrogens is 2. The number of para-hydroxylation sites is 1. The lowest BCUT2D eigenvalue weighted by Gasteiger charge is -2.13. The van der Waals surface area contributed by atoms with Crippen LogP contribution in [0.5, 0.6) is 5.75 Å². The van der Waals surface area contributed by atoms with E-state index in [9.17, 15) is 9.90 Å². The van der Waals surface area contributed by atoms with Crippen molar-refractivity contribution in [2.45, 2.75) is 6.61 Å². The maximum atomic E-state index is 13.2. The molecule has 1 amide bonds. The summed E-state index contributed by atoms with van der Waals surface area (Å²) in [6.07, 6.45) is 1.79. The molecule has 3 aromatic heterocycles. The maximum absolute atomic E-state index is 13.2. The van der Waals surface area contributed by atoms with Crippen LogP contribution in [0.2, 0.25) is 0 Å². The van der Waals surface area contributed by atoms with E-state index in [1.807, 2.05) is 84.4 Å². The van der Waals surface area contributed by atoms with Crippen LogP contribution < -0.4 is 15.8 Å². The predicted molar refractivity (Wildman–Crippen MR) is 158 cm³/mol. The number of carbonyl (C=O) groups is 1. The van der Waals surface area contributed by atoms with Crippen LogP contribution in [0, 0.1) is 0 Å². The summed E-state index contributed by atoms with van der Waals surface area (Å²) in [7, 11) is 3.47. The zero-order chi connectivity index (χ0) is 27.1. The van der Waals surface area contributed by atoms with Crippen LogP contribution in [0.3, 0.4) is 0 Å². The summed E-state index contributed by atoms with van der Waals surface area (Å²) >= 11 is 1.60. The molecule has 7 nitrogen and oxygen atoms in total. The van der Waals surface area contributed by atoms with E-state index >= 15 is 0 Å². The number of methoxy groups -OCH3 is 1. The number of thiophene rings is 1. The molecule has 0 aliphatic carbocycles. The Morgan fingerprint density at radius 1 is 1.05 bits per heavy atom. The number of amides is 1. The first kappa shape index (κ1) is 24.7. The second kappa shape index (κ2) is 9.90. The Morgan fingerprint density at radius 2 is 1.82 bits per heavy atom. The van der Waals surface area contributed by atoms with Crippen LogP contribution in [-0.2, 0) is 13.7 Å². The number of aliphatic hydroxyl groups excluding tert-OH is 1. The van der Waals surface area contributed by atoms with Crippen LogP contribution in [0.1, 0.15) is 16.1 Å². The van der Waals surface area contributed by atoms with Gasteiger partial charge < -0.3 is 25.5 Å². The van der Waals surface area contributed by atoms with E-state index in [-0.39, 0.29) is 12.5 Å². The minimum atomic E-state index is -0.217. The minimum Gasteiger partial charge on any atom is -0.495 e. The predicted octanol–water partition coefficient (Wildman–Crippen LogP) is 6.46. The minimum absolute atomic E-state index is 0.000930. The molecule has 0 spiro atoms. The molecule has 0 aliphatic rings. The molecular weight excluding hydrogens is 508 g/mol. The number of ether oxygens (including phenoxy) is 1. The first-order valence-electron chi connectivity index (χ1n) is 12.4. The number of aryl methyl sites for hydroxylation is 1. The average Bonchev–Trinajstić information content (AvgIpc) is 3.56. The van der Waals surface area contributed by atoms with E-state index < -0.39 is 0 Å². The molecule has 0 unspecified atom stereocenters. The van der Waals surface area contributed by atoms with Gasteiger partial charge in [0.2, 0.25) is 0 Å². The standard InChI is InChI=1S/C31H26N4O3S/c1-35-25-6-4-3-5-21(25)13-26(35)31(37)34-24-12-11-20(14-27(24)38-2)23-17-39-29-22(15-33-30(32)28(23)29)19-9-7-18(16-36)8-10-19/h3-15,17,36H,16H2,1-2H3,(H2,32,33)(H,34,37). The summed E-state index contributed by atoms with van der Waals surface area (Å²) in [5.74, 6) is 0.774. The van der Waals surface area contributed by atoms with Crippen molar-refractivity contribution in [2.24, 2.45) is 7.05 Å². The molecule has 0 atom stereocenters. The highest BCUT2D eigenvalue weighted by Crippen LogP contribution is 2.43. The van der Waals surface area contributed by atoms with Crippen molar-refractivity contribution in [3.63, 3.8) is 0 Å². The van der Waals surface area contributed by atoms with E-state index in [0.717, 1.165) is 48.8 Å². The van der Waals surface area contributed by atoms with Crippen molar-refractivity contribution in [3.05, 3.63) is 95.6 Å². The monoisotopic (exact) mass is 534 g/mol. The number of nitrogen functional groups attached to an aromatic ring is 1. The van der Waals surface area contributed by atoms with Crippen LogP contribution >= 0.6 is 11.3 Å². The van der Waals surface area contributed by atoms with Crippen molar-refractivity contribution < 1.29 is 14.6 Å². The van der Waals surface area contributed by atoms with Gasteiger partial charge in [-0.15, -0.1) is 11.3 Å². The molecule has 39 heavy (non-hydrogen) atoms. The van der Waals surface area contributed by atoms with Crippen molar-refractivity contribution >= 4 is 49.7 Å². The Morgan fingerprint density at radius 3 is 2.56 bits per heavy atom. The van der Waals surface area contributed by atoms with Crippen molar-refractivity contribution in [2.75, 3.05) is 18.2 Å². The Labute approximate surface area is 229 Å². The molecular formula is C31H26N4O3S. The number of benzene rings is 3. The molecule has 4 N–H and O–H groups in total. The zero-order valence-electron chi connectivity index (χ0n) is 21.4. The number of aliphatic hydroxyl groups is 1. The molecule has 3 aromatic carbocycles. The number of anilines is 2. The Bertz CT molecular complexity index is 1850. The van der Waals surface area contributed by atoms with Gasteiger partial charge in [0.1, 0.15) is 17.3 Å². The number of pyridine rings is 1. The molecule has 0 bridgehead atoms. The summed E-state index contributed by atoms with van der Waals surface area (Å²) in [5, 5.41) is 16.3. The quantitative estimate of drug-likeness (QED) is 0.228. The summed E-state index contributed by atoms with van der Waals surface area (Å²) in [6.45, 7) is -0.000930. The third kappa shape index (κ3) is 4.29. The molecule has 0 aliphatic heterocycles. The molecule has 0 radical (unpaired) electrons. The number of nitrogens with one attached hydrogen (secondary N) is 1. The number of hydrogen-bond acceptors (Lipinski definition) is 6. The van der Waals surface area contributed by atoms with Gasteiger partial charge in [0, 0.05) is 45.4 Å². The fourth-order valence-electron chi connectivity index (χ4n) is 4.93. The van der Waals surface area contributed by atoms with Gasteiger partial charge >= 0.3 is 0 Å². The number of rotatable bonds is 6. The number of nitrogens with two attached hydrogens (primary N) is 1. The highest BCUT2D eigenvalue weighted by molar-refractivity contribution is 7.18. The molecule has 6 rings (SSSR count). The first-order chi connectivity index (χ1) is 19.0. The van der Waals surface area contributed by atoms with Gasteiger partial charge in [-0.25, -0.2) is 4.98 Å². The SMILES string of the molecule is COc1cc(-c2csc3c(-c4ccc(CO)cc4)cnc(N)c23)ccc1NC(=O)c1cc2ccccc2n1C. The van der Waals surface area contributed by atoms with E-state index in [1.165, 1.54) is 0 Å². The van der Waals surface area contributed by atoms with Gasteiger partial charge in [-0.05, 0) is 46.3 Å². The van der Waals surface area contributed by atoms with Crippen LogP contribution in [0.4, 0.5) is 11.5 Å². The summed E-state index contributed by atoms with van der Waals surface area (Å²) in [5.41, 5.74) is 13.2. The zero-order valence-corrected chi connectivity index (χ0v) is 22.3. The maximum Gasteiger partial charge on any atom is 0.272 e. The van der Waals surface area contributed by atoms with Gasteiger partial charge in [0.15, 0.2) is 0 Å². The lowest BCUT2D eigenvalue weighted by molar-refractivity contribution is 0.101. The third-order valence-corrected chi connectivity index (χ3v) is 8.03.